The van der Waals surface area contributed by atoms with Crippen LogP contribution in [0.4, 0.5) is 15.9 Å². The maximum atomic E-state index is 14.2. The molecular weight excluding hydrogens is 255 g/mol. The van der Waals surface area contributed by atoms with Crippen molar-refractivity contribution in [3.63, 3.8) is 0 Å². The van der Waals surface area contributed by atoms with Gasteiger partial charge in [-0.25, -0.2) is 14.4 Å². The summed E-state index contributed by atoms with van der Waals surface area (Å²) in [5.74, 6) is -0.00775. The molecule has 0 unspecified atom stereocenters. The second kappa shape index (κ2) is 6.32. The smallest absolute Gasteiger partial charge is 0.186 e. The zero-order valence-electron chi connectivity index (χ0n) is 11.8. The highest BCUT2D eigenvalue weighted by atomic mass is 19.1. The lowest BCUT2D eigenvalue weighted by Crippen LogP contribution is -2.26. The molecule has 1 aromatic heterocycles. The molecule has 0 saturated carbocycles. The number of anilines is 2. The SMILES string of the molecule is CCCN(Cc1cccc(N)c1)c1ncnc(C)c1F. The minimum Gasteiger partial charge on any atom is -0.399 e. The van der Waals surface area contributed by atoms with Crippen LogP contribution in [-0.4, -0.2) is 16.5 Å². The van der Waals surface area contributed by atoms with E-state index in [0.717, 1.165) is 18.5 Å². The molecule has 1 heterocycles. The van der Waals surface area contributed by atoms with Gasteiger partial charge in [-0.15, -0.1) is 0 Å². The van der Waals surface area contributed by atoms with Crippen LogP contribution < -0.4 is 10.6 Å². The molecule has 0 amide bonds. The van der Waals surface area contributed by atoms with Gasteiger partial charge in [-0.2, -0.15) is 0 Å². The molecule has 106 valence electrons. The maximum absolute atomic E-state index is 14.2. The first kappa shape index (κ1) is 14.2. The predicted molar refractivity (Wildman–Crippen MR) is 78.9 cm³/mol. The predicted octanol–water partition coefficient (Wildman–Crippen LogP) is 2.92. The molecule has 0 aliphatic carbocycles. The van der Waals surface area contributed by atoms with Crippen molar-refractivity contribution in [1.29, 1.82) is 0 Å². The van der Waals surface area contributed by atoms with Gasteiger partial charge >= 0.3 is 0 Å². The molecule has 4 nitrogen and oxygen atoms in total. The van der Waals surface area contributed by atoms with Crippen LogP contribution in [0.25, 0.3) is 0 Å². The van der Waals surface area contributed by atoms with Crippen LogP contribution in [0.1, 0.15) is 24.6 Å². The Morgan fingerprint density at radius 2 is 2.10 bits per heavy atom. The number of halogens is 1. The fourth-order valence-corrected chi connectivity index (χ4v) is 2.11. The van der Waals surface area contributed by atoms with E-state index < -0.39 is 0 Å². The lowest BCUT2D eigenvalue weighted by atomic mass is 10.2. The van der Waals surface area contributed by atoms with E-state index in [1.807, 2.05) is 29.2 Å². The van der Waals surface area contributed by atoms with E-state index >= 15 is 0 Å². The van der Waals surface area contributed by atoms with E-state index in [4.69, 9.17) is 5.73 Å². The van der Waals surface area contributed by atoms with Gasteiger partial charge < -0.3 is 10.6 Å². The van der Waals surface area contributed by atoms with Crippen molar-refractivity contribution >= 4 is 11.5 Å². The molecule has 1 aromatic carbocycles. The Morgan fingerprint density at radius 3 is 2.80 bits per heavy atom. The molecule has 0 spiro atoms. The van der Waals surface area contributed by atoms with Crippen LogP contribution in [0, 0.1) is 12.7 Å². The number of aryl methyl sites for hydroxylation is 1. The first-order valence-electron chi connectivity index (χ1n) is 6.68. The minimum atomic E-state index is -0.357. The van der Waals surface area contributed by atoms with E-state index in [1.54, 1.807) is 6.92 Å². The van der Waals surface area contributed by atoms with Gasteiger partial charge in [-0.1, -0.05) is 19.1 Å². The highest BCUT2D eigenvalue weighted by Crippen LogP contribution is 2.20. The number of benzene rings is 1. The van der Waals surface area contributed by atoms with Crippen molar-refractivity contribution in [2.24, 2.45) is 0 Å². The third-order valence-electron chi connectivity index (χ3n) is 3.06. The first-order valence-corrected chi connectivity index (χ1v) is 6.68. The Bertz CT molecular complexity index is 586. The van der Waals surface area contributed by atoms with Gasteiger partial charge in [0, 0.05) is 18.8 Å². The maximum Gasteiger partial charge on any atom is 0.186 e. The van der Waals surface area contributed by atoms with Crippen LogP contribution >= 0.6 is 0 Å². The molecule has 0 atom stereocenters. The average molecular weight is 274 g/mol. The highest BCUT2D eigenvalue weighted by Gasteiger charge is 2.15. The van der Waals surface area contributed by atoms with Crippen LogP contribution in [-0.2, 0) is 6.54 Å². The van der Waals surface area contributed by atoms with Gasteiger partial charge in [0.05, 0.1) is 5.69 Å². The van der Waals surface area contributed by atoms with Gasteiger partial charge in [-0.3, -0.25) is 0 Å². The van der Waals surface area contributed by atoms with E-state index in [9.17, 15) is 4.39 Å². The van der Waals surface area contributed by atoms with Crippen molar-refractivity contribution in [3.8, 4) is 0 Å². The van der Waals surface area contributed by atoms with Crippen molar-refractivity contribution in [2.75, 3.05) is 17.2 Å². The molecule has 0 radical (unpaired) electrons. The lowest BCUT2D eigenvalue weighted by Gasteiger charge is -2.24. The van der Waals surface area contributed by atoms with Crippen LogP contribution in [0.3, 0.4) is 0 Å². The summed E-state index contributed by atoms with van der Waals surface area (Å²) >= 11 is 0. The molecule has 5 heteroatoms. The standard InChI is InChI=1S/C15H19FN4/c1-3-7-20(9-12-5-4-6-13(17)8-12)15-14(16)11(2)18-10-19-15/h4-6,8,10H,3,7,9,17H2,1-2H3. The highest BCUT2D eigenvalue weighted by molar-refractivity contribution is 5.45. The topological polar surface area (TPSA) is 55.0 Å². The second-order valence-corrected chi connectivity index (χ2v) is 4.76. The molecule has 2 N–H and O–H groups in total. The summed E-state index contributed by atoms with van der Waals surface area (Å²) < 4.78 is 14.2. The molecule has 2 rings (SSSR count). The third kappa shape index (κ3) is 3.23. The van der Waals surface area contributed by atoms with Crippen LogP contribution in [0.15, 0.2) is 30.6 Å². The number of hydrogen-bond donors (Lipinski definition) is 1. The molecule has 0 fully saturated rings. The van der Waals surface area contributed by atoms with E-state index in [1.165, 1.54) is 6.33 Å². The fraction of sp³-hybridized carbons (Fsp3) is 0.333. The average Bonchev–Trinajstić information content (AvgIpc) is 2.42. The van der Waals surface area contributed by atoms with Crippen LogP contribution in [0.2, 0.25) is 0 Å². The van der Waals surface area contributed by atoms with Gasteiger partial charge in [0.1, 0.15) is 6.33 Å². The Morgan fingerprint density at radius 1 is 1.30 bits per heavy atom. The Kier molecular flexibility index (Phi) is 4.50. The molecule has 0 aliphatic heterocycles. The first-order chi connectivity index (χ1) is 9.61. The number of hydrogen-bond acceptors (Lipinski definition) is 4. The van der Waals surface area contributed by atoms with Crippen molar-refractivity contribution in [3.05, 3.63) is 47.7 Å². The normalized spacial score (nSPS) is 10.6. The van der Waals surface area contributed by atoms with Crippen molar-refractivity contribution < 1.29 is 4.39 Å². The van der Waals surface area contributed by atoms with Crippen molar-refractivity contribution in [1.82, 2.24) is 9.97 Å². The second-order valence-electron chi connectivity index (χ2n) is 4.76. The van der Waals surface area contributed by atoms with Gasteiger partial charge in [0.15, 0.2) is 11.6 Å². The summed E-state index contributed by atoms with van der Waals surface area (Å²) in [6, 6.07) is 7.61. The summed E-state index contributed by atoms with van der Waals surface area (Å²) in [4.78, 5) is 9.87. The lowest BCUT2D eigenvalue weighted by molar-refractivity contribution is 0.587. The fourth-order valence-electron chi connectivity index (χ4n) is 2.11. The molecule has 0 aliphatic rings. The zero-order valence-corrected chi connectivity index (χ0v) is 11.8. The van der Waals surface area contributed by atoms with E-state index in [2.05, 4.69) is 16.9 Å². The summed E-state index contributed by atoms with van der Waals surface area (Å²) in [6.45, 7) is 5.00. The largest absolute Gasteiger partial charge is 0.399 e. The molecule has 20 heavy (non-hydrogen) atoms. The van der Waals surface area contributed by atoms with E-state index in [0.29, 0.717) is 23.7 Å². The van der Waals surface area contributed by atoms with Crippen LogP contribution in [0.5, 0.6) is 0 Å². The summed E-state index contributed by atoms with van der Waals surface area (Å²) in [5.41, 5.74) is 7.89. The van der Waals surface area contributed by atoms with E-state index in [-0.39, 0.29) is 5.82 Å². The zero-order chi connectivity index (χ0) is 14.5. The number of rotatable bonds is 5. The monoisotopic (exact) mass is 274 g/mol. The Balaban J connectivity index is 2.29. The third-order valence-corrected chi connectivity index (χ3v) is 3.06. The number of aromatic nitrogens is 2. The molecular formula is C15H19FN4. The van der Waals surface area contributed by atoms with Gasteiger partial charge in [-0.05, 0) is 31.0 Å². The molecule has 2 aromatic rings. The minimum absolute atomic E-state index is 0.349. The van der Waals surface area contributed by atoms with Gasteiger partial charge in [0.2, 0.25) is 0 Å². The summed E-state index contributed by atoms with van der Waals surface area (Å²) in [5, 5.41) is 0. The summed E-state index contributed by atoms with van der Waals surface area (Å²) in [7, 11) is 0. The Labute approximate surface area is 118 Å². The quantitative estimate of drug-likeness (QED) is 0.852. The number of nitrogens with zero attached hydrogens (tertiary/aromatic N) is 3. The van der Waals surface area contributed by atoms with Crippen molar-refractivity contribution in [2.45, 2.75) is 26.8 Å². The molecule has 0 bridgehead atoms. The summed E-state index contributed by atoms with van der Waals surface area (Å²) in [6.07, 6.45) is 2.31. The Hall–Kier alpha value is -2.17. The number of nitrogen functional groups attached to an aromatic ring is 1. The van der Waals surface area contributed by atoms with Gasteiger partial charge in [0.25, 0.3) is 0 Å². The molecule has 0 saturated heterocycles. The number of nitrogens with two attached hydrogens (primary N) is 1.